The van der Waals surface area contributed by atoms with Crippen LogP contribution in [0.1, 0.15) is 33.1 Å². The highest BCUT2D eigenvalue weighted by atomic mass is 16.2. The smallest absolute Gasteiger partial charge is 0.239 e. The van der Waals surface area contributed by atoms with Gasteiger partial charge in [-0.2, -0.15) is 0 Å². The molecule has 0 unspecified atom stereocenters. The third-order valence-electron chi connectivity index (χ3n) is 3.00. The van der Waals surface area contributed by atoms with Crippen molar-refractivity contribution in [3.05, 3.63) is 0 Å². The van der Waals surface area contributed by atoms with Crippen LogP contribution in [0.25, 0.3) is 0 Å². The molecule has 1 fully saturated rings. The van der Waals surface area contributed by atoms with E-state index in [1.54, 1.807) is 0 Å². The van der Waals surface area contributed by atoms with Gasteiger partial charge in [0.2, 0.25) is 11.8 Å². The zero-order valence-electron chi connectivity index (χ0n) is 10.7. The van der Waals surface area contributed by atoms with Gasteiger partial charge in [0.15, 0.2) is 0 Å². The van der Waals surface area contributed by atoms with E-state index in [9.17, 15) is 9.59 Å². The lowest BCUT2D eigenvalue weighted by molar-refractivity contribution is -0.137. The van der Waals surface area contributed by atoms with Gasteiger partial charge in [0.25, 0.3) is 0 Å². The number of carbonyl (C=O) groups is 2. The number of carbonyl (C=O) groups excluding carboxylic acids is 2. The molecule has 0 aliphatic heterocycles. The molecule has 5 nitrogen and oxygen atoms in total. The number of nitrogens with one attached hydrogen (secondary N) is 1. The van der Waals surface area contributed by atoms with Gasteiger partial charge in [0, 0.05) is 13.1 Å². The van der Waals surface area contributed by atoms with E-state index >= 15 is 0 Å². The van der Waals surface area contributed by atoms with E-state index in [-0.39, 0.29) is 18.4 Å². The summed E-state index contributed by atoms with van der Waals surface area (Å²) in [6.07, 6.45) is 3.12. The third kappa shape index (κ3) is 4.73. The summed E-state index contributed by atoms with van der Waals surface area (Å²) in [5.41, 5.74) is 5.86. The maximum atomic E-state index is 12.0. The van der Waals surface area contributed by atoms with Crippen LogP contribution in [-0.2, 0) is 9.59 Å². The number of likely N-dealkylation sites (N-methyl/N-ethyl adjacent to an activating group) is 2. The predicted octanol–water partition coefficient (Wildman–Crippen LogP) is 0.0984. The van der Waals surface area contributed by atoms with Crippen LogP contribution in [0.5, 0.6) is 0 Å². The number of hydrogen-bond donors (Lipinski definition) is 2. The van der Waals surface area contributed by atoms with E-state index in [1.807, 2.05) is 13.8 Å². The molecule has 0 saturated heterocycles. The van der Waals surface area contributed by atoms with Crippen LogP contribution >= 0.6 is 0 Å². The van der Waals surface area contributed by atoms with Gasteiger partial charge >= 0.3 is 0 Å². The summed E-state index contributed by atoms with van der Waals surface area (Å²) in [6, 6.07) is -0.447. The molecule has 0 spiro atoms. The van der Waals surface area contributed by atoms with Gasteiger partial charge in [-0.25, -0.2) is 0 Å². The Morgan fingerprint density at radius 1 is 1.41 bits per heavy atom. The largest absolute Gasteiger partial charge is 0.355 e. The topological polar surface area (TPSA) is 75.4 Å². The van der Waals surface area contributed by atoms with E-state index < -0.39 is 6.04 Å². The number of hydrogen-bond acceptors (Lipinski definition) is 3. The highest BCUT2D eigenvalue weighted by molar-refractivity contribution is 5.87. The maximum absolute atomic E-state index is 12.0. The normalized spacial score (nSPS) is 16.4. The number of rotatable bonds is 7. The van der Waals surface area contributed by atoms with E-state index in [4.69, 9.17) is 5.73 Å². The van der Waals surface area contributed by atoms with Crippen molar-refractivity contribution >= 4 is 11.8 Å². The first-order valence-corrected chi connectivity index (χ1v) is 6.39. The van der Waals surface area contributed by atoms with Gasteiger partial charge < -0.3 is 16.0 Å². The first-order chi connectivity index (χ1) is 8.08. The average molecular weight is 241 g/mol. The summed E-state index contributed by atoms with van der Waals surface area (Å²) < 4.78 is 0. The SMILES string of the molecule is CCNC(=O)CN(CC)C(=O)[C@@H](N)CC1CC1. The molecule has 0 heterocycles. The second-order valence-electron chi connectivity index (χ2n) is 4.59. The minimum atomic E-state index is -0.447. The monoisotopic (exact) mass is 241 g/mol. The molecule has 1 saturated carbocycles. The van der Waals surface area contributed by atoms with Crippen molar-refractivity contribution in [3.8, 4) is 0 Å². The molecular weight excluding hydrogens is 218 g/mol. The lowest BCUT2D eigenvalue weighted by Crippen LogP contribution is -2.47. The Kier molecular flexibility index (Phi) is 5.41. The van der Waals surface area contributed by atoms with Crippen molar-refractivity contribution in [1.29, 1.82) is 0 Å². The number of amides is 2. The molecule has 1 aliphatic rings. The third-order valence-corrected chi connectivity index (χ3v) is 3.00. The molecule has 1 atom stereocenters. The van der Waals surface area contributed by atoms with Crippen LogP contribution in [0.3, 0.4) is 0 Å². The van der Waals surface area contributed by atoms with Crippen molar-refractivity contribution < 1.29 is 9.59 Å². The van der Waals surface area contributed by atoms with E-state index in [1.165, 1.54) is 17.7 Å². The molecule has 98 valence electrons. The minimum absolute atomic E-state index is 0.106. The fourth-order valence-corrected chi connectivity index (χ4v) is 1.82. The van der Waals surface area contributed by atoms with E-state index in [0.29, 0.717) is 19.0 Å². The lowest BCUT2D eigenvalue weighted by atomic mass is 10.1. The van der Waals surface area contributed by atoms with E-state index in [2.05, 4.69) is 5.32 Å². The molecule has 3 N–H and O–H groups in total. The molecule has 5 heteroatoms. The Labute approximate surface area is 103 Å². The predicted molar refractivity (Wildman–Crippen MR) is 66.3 cm³/mol. The summed E-state index contributed by atoms with van der Waals surface area (Å²) in [7, 11) is 0. The van der Waals surface area contributed by atoms with Crippen molar-refractivity contribution in [2.24, 2.45) is 11.7 Å². The van der Waals surface area contributed by atoms with Crippen molar-refractivity contribution in [2.75, 3.05) is 19.6 Å². The molecule has 0 radical (unpaired) electrons. The van der Waals surface area contributed by atoms with Gasteiger partial charge in [0.1, 0.15) is 0 Å². The Bertz CT molecular complexity index is 277. The zero-order chi connectivity index (χ0) is 12.8. The fourth-order valence-electron chi connectivity index (χ4n) is 1.82. The Morgan fingerprint density at radius 2 is 2.06 bits per heavy atom. The standard InChI is InChI=1S/C12H23N3O2/c1-3-14-11(16)8-15(4-2)12(17)10(13)7-9-5-6-9/h9-10H,3-8,13H2,1-2H3,(H,14,16)/t10-/m0/s1. The van der Waals surface area contributed by atoms with Gasteiger partial charge in [-0.3, -0.25) is 9.59 Å². The Hall–Kier alpha value is -1.10. The highest BCUT2D eigenvalue weighted by Gasteiger charge is 2.29. The highest BCUT2D eigenvalue weighted by Crippen LogP contribution is 2.33. The van der Waals surface area contributed by atoms with E-state index in [0.717, 1.165) is 6.42 Å². The molecule has 0 aromatic rings. The molecule has 1 rings (SSSR count). The fraction of sp³-hybridized carbons (Fsp3) is 0.833. The second kappa shape index (κ2) is 6.59. The molecule has 0 aromatic carbocycles. The van der Waals surface area contributed by atoms with Crippen molar-refractivity contribution in [2.45, 2.75) is 39.2 Å². The molecule has 1 aliphatic carbocycles. The first kappa shape index (κ1) is 14.0. The Balaban J connectivity index is 2.41. The molecular formula is C12H23N3O2. The Morgan fingerprint density at radius 3 is 2.53 bits per heavy atom. The van der Waals surface area contributed by atoms with Crippen LogP contribution < -0.4 is 11.1 Å². The molecule has 17 heavy (non-hydrogen) atoms. The van der Waals surface area contributed by atoms with Crippen LogP contribution in [0, 0.1) is 5.92 Å². The van der Waals surface area contributed by atoms with Crippen LogP contribution in [-0.4, -0.2) is 42.4 Å². The summed E-state index contributed by atoms with van der Waals surface area (Å²) in [5, 5.41) is 2.68. The summed E-state index contributed by atoms with van der Waals surface area (Å²) in [4.78, 5) is 25.0. The van der Waals surface area contributed by atoms with Gasteiger partial charge in [-0.1, -0.05) is 12.8 Å². The van der Waals surface area contributed by atoms with Crippen LogP contribution in [0.4, 0.5) is 0 Å². The van der Waals surface area contributed by atoms with Crippen molar-refractivity contribution in [1.82, 2.24) is 10.2 Å². The molecule has 2 amide bonds. The minimum Gasteiger partial charge on any atom is -0.355 e. The number of nitrogens with zero attached hydrogens (tertiary/aromatic N) is 1. The van der Waals surface area contributed by atoms with Gasteiger partial charge in [0.05, 0.1) is 12.6 Å². The molecule has 0 bridgehead atoms. The van der Waals surface area contributed by atoms with Crippen molar-refractivity contribution in [3.63, 3.8) is 0 Å². The average Bonchev–Trinajstić information content (AvgIpc) is 3.09. The number of nitrogens with two attached hydrogens (primary N) is 1. The summed E-state index contributed by atoms with van der Waals surface area (Å²) in [5.74, 6) is 0.393. The quantitative estimate of drug-likeness (QED) is 0.663. The first-order valence-electron chi connectivity index (χ1n) is 6.39. The summed E-state index contributed by atoms with van der Waals surface area (Å²) >= 11 is 0. The summed E-state index contributed by atoms with van der Waals surface area (Å²) in [6.45, 7) is 4.93. The zero-order valence-corrected chi connectivity index (χ0v) is 10.7. The molecule has 0 aromatic heterocycles. The van der Waals surface area contributed by atoms with Crippen LogP contribution in [0.2, 0.25) is 0 Å². The second-order valence-corrected chi connectivity index (χ2v) is 4.59. The van der Waals surface area contributed by atoms with Gasteiger partial charge in [-0.05, 0) is 26.2 Å². The maximum Gasteiger partial charge on any atom is 0.239 e. The lowest BCUT2D eigenvalue weighted by Gasteiger charge is -2.23. The van der Waals surface area contributed by atoms with Crippen LogP contribution in [0.15, 0.2) is 0 Å². The van der Waals surface area contributed by atoms with Gasteiger partial charge in [-0.15, -0.1) is 0 Å².